The van der Waals surface area contributed by atoms with Crippen LogP contribution < -0.4 is 11.1 Å². The Hall–Kier alpha value is -2.25. The summed E-state index contributed by atoms with van der Waals surface area (Å²) in [6, 6.07) is 9.40. The number of carbonyl (C=O) groups is 2. The minimum Gasteiger partial charge on any atom is -0.457 e. The fourth-order valence-corrected chi connectivity index (χ4v) is 2.47. The zero-order chi connectivity index (χ0) is 15.2. The van der Waals surface area contributed by atoms with Crippen LogP contribution in [0.15, 0.2) is 30.3 Å². The molecule has 6 nitrogen and oxygen atoms in total. The van der Waals surface area contributed by atoms with E-state index in [4.69, 9.17) is 10.5 Å². The first-order valence-corrected chi connectivity index (χ1v) is 7.10. The van der Waals surface area contributed by atoms with Crippen LogP contribution in [0.3, 0.4) is 0 Å². The van der Waals surface area contributed by atoms with Crippen LogP contribution in [0, 0.1) is 6.92 Å². The van der Waals surface area contributed by atoms with Crippen LogP contribution >= 0.6 is 11.3 Å². The van der Waals surface area contributed by atoms with Gasteiger partial charge in [-0.2, -0.15) is 0 Å². The van der Waals surface area contributed by atoms with E-state index in [0.717, 1.165) is 16.9 Å². The first-order chi connectivity index (χ1) is 10.1. The maximum atomic E-state index is 12.0. The molecule has 1 amide bonds. The maximum absolute atomic E-state index is 12.0. The van der Waals surface area contributed by atoms with Gasteiger partial charge in [-0.25, -0.2) is 9.78 Å². The number of nitrogens with zero attached hydrogens (tertiary/aromatic N) is 1. The lowest BCUT2D eigenvalue weighted by molar-refractivity contribution is -0.114. The van der Waals surface area contributed by atoms with Crippen LogP contribution in [0.5, 0.6) is 0 Å². The van der Waals surface area contributed by atoms with Gasteiger partial charge in [0.15, 0.2) is 5.13 Å². The molecule has 21 heavy (non-hydrogen) atoms. The zero-order valence-corrected chi connectivity index (χ0v) is 12.3. The number of benzene rings is 1. The molecule has 3 N–H and O–H groups in total. The Morgan fingerprint density at radius 1 is 1.33 bits per heavy atom. The lowest BCUT2D eigenvalue weighted by Crippen LogP contribution is -2.21. The van der Waals surface area contributed by atoms with Gasteiger partial charge in [0.2, 0.25) is 5.91 Å². The van der Waals surface area contributed by atoms with E-state index in [9.17, 15) is 9.59 Å². The summed E-state index contributed by atoms with van der Waals surface area (Å²) in [5.74, 6) is -0.810. The van der Waals surface area contributed by atoms with Crippen LogP contribution in [0.4, 0.5) is 5.13 Å². The van der Waals surface area contributed by atoms with Gasteiger partial charge in [-0.15, -0.1) is 0 Å². The van der Waals surface area contributed by atoms with Gasteiger partial charge >= 0.3 is 5.97 Å². The number of amides is 1. The molecule has 0 spiro atoms. The van der Waals surface area contributed by atoms with E-state index in [1.54, 1.807) is 6.92 Å². The molecule has 0 aliphatic rings. The van der Waals surface area contributed by atoms with Gasteiger partial charge in [0.1, 0.15) is 11.5 Å². The van der Waals surface area contributed by atoms with Gasteiger partial charge in [0.25, 0.3) is 0 Å². The van der Waals surface area contributed by atoms with Crippen molar-refractivity contribution < 1.29 is 14.3 Å². The molecule has 1 heterocycles. The molecule has 0 aliphatic carbocycles. The SMILES string of the molecule is Cc1nc(NC(=O)CN)sc1C(=O)OCc1ccccc1. The predicted octanol–water partition coefficient (Wildman–Crippen LogP) is 1.71. The van der Waals surface area contributed by atoms with Gasteiger partial charge in [-0.3, -0.25) is 4.79 Å². The van der Waals surface area contributed by atoms with Crippen LogP contribution in [-0.2, 0) is 16.1 Å². The molecule has 0 radical (unpaired) electrons. The van der Waals surface area contributed by atoms with Gasteiger partial charge in [0, 0.05) is 0 Å². The smallest absolute Gasteiger partial charge is 0.350 e. The molecule has 110 valence electrons. The Labute approximate surface area is 125 Å². The minimum atomic E-state index is -0.456. The van der Waals surface area contributed by atoms with E-state index in [-0.39, 0.29) is 19.1 Å². The van der Waals surface area contributed by atoms with E-state index in [1.165, 1.54) is 0 Å². The topological polar surface area (TPSA) is 94.3 Å². The molecule has 1 aromatic heterocycles. The predicted molar refractivity (Wildman–Crippen MR) is 80.1 cm³/mol. The Balaban J connectivity index is 2.00. The van der Waals surface area contributed by atoms with Crippen molar-refractivity contribution in [2.24, 2.45) is 5.73 Å². The van der Waals surface area contributed by atoms with Gasteiger partial charge in [-0.05, 0) is 12.5 Å². The van der Waals surface area contributed by atoms with Gasteiger partial charge < -0.3 is 15.8 Å². The Morgan fingerprint density at radius 3 is 2.71 bits per heavy atom. The van der Waals surface area contributed by atoms with E-state index in [2.05, 4.69) is 10.3 Å². The summed E-state index contributed by atoms with van der Waals surface area (Å²) in [7, 11) is 0. The summed E-state index contributed by atoms with van der Waals surface area (Å²) in [6.45, 7) is 1.75. The number of rotatable bonds is 5. The van der Waals surface area contributed by atoms with Gasteiger partial charge in [-0.1, -0.05) is 41.7 Å². The molecule has 0 bridgehead atoms. The normalized spacial score (nSPS) is 10.2. The largest absolute Gasteiger partial charge is 0.457 e. The third kappa shape index (κ3) is 4.11. The van der Waals surface area contributed by atoms with Crippen LogP contribution in [0.2, 0.25) is 0 Å². The Morgan fingerprint density at radius 2 is 2.05 bits per heavy atom. The monoisotopic (exact) mass is 305 g/mol. The van der Waals surface area contributed by atoms with E-state index >= 15 is 0 Å². The number of ether oxygens (including phenoxy) is 1. The number of carbonyl (C=O) groups excluding carboxylic acids is 2. The zero-order valence-electron chi connectivity index (χ0n) is 11.5. The van der Waals surface area contributed by atoms with Crippen LogP contribution in [0.1, 0.15) is 20.9 Å². The van der Waals surface area contributed by atoms with Crippen molar-refractivity contribution in [3.05, 3.63) is 46.5 Å². The van der Waals surface area contributed by atoms with E-state index in [0.29, 0.717) is 15.7 Å². The second kappa shape index (κ2) is 6.96. The number of esters is 1. The molecule has 1 aromatic carbocycles. The second-order valence-corrected chi connectivity index (χ2v) is 5.25. The van der Waals surface area contributed by atoms with Crippen molar-refractivity contribution in [2.45, 2.75) is 13.5 Å². The second-order valence-electron chi connectivity index (χ2n) is 4.25. The van der Waals surface area contributed by atoms with Gasteiger partial charge in [0.05, 0.1) is 12.2 Å². The first kappa shape index (κ1) is 15.1. The Bertz CT molecular complexity index is 640. The van der Waals surface area contributed by atoms with Crippen molar-refractivity contribution in [1.29, 1.82) is 0 Å². The number of nitrogens with one attached hydrogen (secondary N) is 1. The molecule has 7 heteroatoms. The number of aromatic nitrogens is 1. The summed E-state index contributed by atoms with van der Waals surface area (Å²) >= 11 is 1.07. The molecule has 0 saturated carbocycles. The molecule has 0 fully saturated rings. The lowest BCUT2D eigenvalue weighted by Gasteiger charge is -2.03. The summed E-state index contributed by atoms with van der Waals surface area (Å²) < 4.78 is 5.23. The van der Waals surface area contributed by atoms with Crippen molar-refractivity contribution in [2.75, 3.05) is 11.9 Å². The standard InChI is InChI=1S/C14H15N3O3S/c1-9-12(21-14(16-9)17-11(18)7-15)13(19)20-8-10-5-3-2-4-6-10/h2-6H,7-8,15H2,1H3,(H,16,17,18). The molecule has 2 rings (SSSR count). The average molecular weight is 305 g/mol. The number of aryl methyl sites for hydroxylation is 1. The number of hydrogen-bond acceptors (Lipinski definition) is 6. The molecule has 0 atom stereocenters. The summed E-state index contributed by atoms with van der Waals surface area (Å²) in [5, 5.41) is 2.86. The maximum Gasteiger partial charge on any atom is 0.350 e. The van der Waals surface area contributed by atoms with Crippen molar-refractivity contribution in [1.82, 2.24) is 4.98 Å². The third-order valence-electron chi connectivity index (χ3n) is 2.63. The molecule has 0 aliphatic heterocycles. The summed E-state index contributed by atoms with van der Waals surface area (Å²) in [4.78, 5) is 27.7. The highest BCUT2D eigenvalue weighted by molar-refractivity contribution is 7.17. The number of anilines is 1. The lowest BCUT2D eigenvalue weighted by atomic mass is 10.2. The molecular weight excluding hydrogens is 290 g/mol. The van der Waals surface area contributed by atoms with Crippen molar-refractivity contribution in [3.8, 4) is 0 Å². The highest BCUT2D eigenvalue weighted by Gasteiger charge is 2.17. The number of nitrogens with two attached hydrogens (primary N) is 1. The van der Waals surface area contributed by atoms with Crippen molar-refractivity contribution in [3.63, 3.8) is 0 Å². The highest BCUT2D eigenvalue weighted by Crippen LogP contribution is 2.23. The van der Waals surface area contributed by atoms with Crippen LogP contribution in [-0.4, -0.2) is 23.4 Å². The third-order valence-corrected chi connectivity index (χ3v) is 3.68. The molecule has 0 saturated heterocycles. The number of hydrogen-bond donors (Lipinski definition) is 2. The fraction of sp³-hybridized carbons (Fsp3) is 0.214. The van der Waals surface area contributed by atoms with E-state index in [1.807, 2.05) is 30.3 Å². The van der Waals surface area contributed by atoms with Crippen LogP contribution in [0.25, 0.3) is 0 Å². The molecule has 2 aromatic rings. The average Bonchev–Trinajstić information content (AvgIpc) is 2.86. The fourth-order valence-electron chi connectivity index (χ4n) is 1.60. The molecule has 0 unspecified atom stereocenters. The first-order valence-electron chi connectivity index (χ1n) is 6.28. The summed E-state index contributed by atoms with van der Waals surface area (Å²) in [6.07, 6.45) is 0. The Kier molecular flexibility index (Phi) is 5.02. The highest BCUT2D eigenvalue weighted by atomic mass is 32.1. The quantitative estimate of drug-likeness (QED) is 0.820. The number of thiazole rings is 1. The van der Waals surface area contributed by atoms with Crippen molar-refractivity contribution >= 4 is 28.3 Å². The van der Waals surface area contributed by atoms with E-state index < -0.39 is 5.97 Å². The summed E-state index contributed by atoms with van der Waals surface area (Å²) in [5.41, 5.74) is 6.64. The molecular formula is C14H15N3O3S. The minimum absolute atomic E-state index is 0.133.